The van der Waals surface area contributed by atoms with Gasteiger partial charge in [0.25, 0.3) is 0 Å². The van der Waals surface area contributed by atoms with Crippen molar-refractivity contribution in [1.82, 2.24) is 0 Å². The zero-order valence-electron chi connectivity index (χ0n) is 10.7. The summed E-state index contributed by atoms with van der Waals surface area (Å²) in [6.45, 7) is 4.81. The number of rotatable bonds is 1. The second kappa shape index (κ2) is 4.40. The van der Waals surface area contributed by atoms with Gasteiger partial charge >= 0.3 is 12.3 Å². The van der Waals surface area contributed by atoms with Gasteiger partial charge in [-0.1, -0.05) is 12.2 Å². The van der Waals surface area contributed by atoms with Crippen LogP contribution in [0.15, 0.2) is 12.2 Å². The highest BCUT2D eigenvalue weighted by Gasteiger charge is 2.60. The van der Waals surface area contributed by atoms with Gasteiger partial charge in [-0.15, -0.1) is 0 Å². The first-order chi connectivity index (χ1) is 8.58. The lowest BCUT2D eigenvalue weighted by atomic mass is 9.90. The van der Waals surface area contributed by atoms with Gasteiger partial charge in [0.2, 0.25) is 0 Å². The molecule has 0 saturated carbocycles. The van der Waals surface area contributed by atoms with Gasteiger partial charge in [-0.25, -0.2) is 4.79 Å². The molecule has 19 heavy (non-hydrogen) atoms. The van der Waals surface area contributed by atoms with Crippen molar-refractivity contribution in [2.75, 3.05) is 0 Å². The van der Waals surface area contributed by atoms with E-state index in [0.29, 0.717) is 0 Å². The molecule has 0 radical (unpaired) electrons. The maximum absolute atomic E-state index is 12.9. The van der Waals surface area contributed by atoms with Crippen LogP contribution >= 0.6 is 0 Å². The number of halogens is 3. The average Bonchev–Trinajstić information content (AvgIpc) is 2.71. The molecule has 4 unspecified atom stereocenters. The van der Waals surface area contributed by atoms with E-state index in [4.69, 9.17) is 14.2 Å². The Morgan fingerprint density at radius 2 is 1.74 bits per heavy atom. The Morgan fingerprint density at radius 1 is 1.16 bits per heavy atom. The summed E-state index contributed by atoms with van der Waals surface area (Å²) in [4.78, 5) is 11.5. The molecule has 0 amide bonds. The van der Waals surface area contributed by atoms with E-state index < -0.39 is 42.2 Å². The van der Waals surface area contributed by atoms with Gasteiger partial charge in [0, 0.05) is 0 Å². The van der Waals surface area contributed by atoms with Crippen molar-refractivity contribution in [3.05, 3.63) is 12.2 Å². The number of fused-ring (bicyclic) bond motifs is 2. The summed E-state index contributed by atoms with van der Waals surface area (Å²) < 4.78 is 53.5. The van der Waals surface area contributed by atoms with E-state index in [0.717, 1.165) is 0 Å². The Kier molecular flexibility index (Phi) is 3.28. The molecule has 4 atom stereocenters. The van der Waals surface area contributed by atoms with Gasteiger partial charge in [-0.3, -0.25) is 0 Å². The molecule has 0 N–H and O–H groups in total. The van der Waals surface area contributed by atoms with E-state index in [-0.39, 0.29) is 0 Å². The van der Waals surface area contributed by atoms with Crippen LogP contribution < -0.4 is 0 Å². The first-order valence-corrected chi connectivity index (χ1v) is 5.88. The monoisotopic (exact) mass is 280 g/mol. The second-order valence-corrected chi connectivity index (χ2v) is 5.56. The summed E-state index contributed by atoms with van der Waals surface area (Å²) in [5.41, 5.74) is -0.820. The maximum atomic E-state index is 12.9. The van der Waals surface area contributed by atoms with Gasteiger partial charge in [0.1, 0.15) is 23.7 Å². The highest BCUT2D eigenvalue weighted by Crippen LogP contribution is 2.45. The number of hydrogen-bond donors (Lipinski definition) is 0. The molecule has 0 aromatic heterocycles. The standard InChI is InChI=1S/C12H15F3O4/c1-11(2,3)19-10(16)18-9-7-5-4-6(17-7)8(9)12(13,14)15/h4-9H,1-3H3. The molecule has 2 heterocycles. The summed E-state index contributed by atoms with van der Waals surface area (Å²) in [6, 6.07) is 0. The Morgan fingerprint density at radius 3 is 2.26 bits per heavy atom. The predicted octanol–water partition coefficient (Wildman–Crippen LogP) is 2.82. The van der Waals surface area contributed by atoms with E-state index >= 15 is 0 Å². The summed E-state index contributed by atoms with van der Waals surface area (Å²) in [5, 5.41) is 0. The van der Waals surface area contributed by atoms with E-state index in [9.17, 15) is 18.0 Å². The molecule has 7 heteroatoms. The molecular formula is C12H15F3O4. The number of alkyl halides is 3. The minimum atomic E-state index is -4.49. The van der Waals surface area contributed by atoms with Crippen molar-refractivity contribution in [2.45, 2.75) is 50.9 Å². The third-order valence-electron chi connectivity index (χ3n) is 2.84. The van der Waals surface area contributed by atoms with Gasteiger partial charge in [-0.2, -0.15) is 13.2 Å². The summed E-state index contributed by atoms with van der Waals surface area (Å²) in [7, 11) is 0. The molecule has 0 aliphatic carbocycles. The first-order valence-electron chi connectivity index (χ1n) is 5.88. The van der Waals surface area contributed by atoms with E-state index in [1.807, 2.05) is 0 Å². The van der Waals surface area contributed by atoms with Crippen LogP contribution in [0.3, 0.4) is 0 Å². The largest absolute Gasteiger partial charge is 0.509 e. The summed E-state index contributed by atoms with van der Waals surface area (Å²) >= 11 is 0. The third kappa shape index (κ3) is 3.02. The Bertz CT molecular complexity index is 397. The van der Waals surface area contributed by atoms with Gasteiger partial charge < -0.3 is 14.2 Å². The first kappa shape index (κ1) is 14.2. The maximum Gasteiger partial charge on any atom is 0.509 e. The summed E-state index contributed by atoms with van der Waals surface area (Å²) in [6.07, 6.45) is -6.11. The van der Waals surface area contributed by atoms with Crippen molar-refractivity contribution in [3.63, 3.8) is 0 Å². The van der Waals surface area contributed by atoms with Crippen molar-refractivity contribution in [2.24, 2.45) is 5.92 Å². The highest BCUT2D eigenvalue weighted by molar-refractivity contribution is 5.61. The fraction of sp³-hybridized carbons (Fsp3) is 0.750. The number of ether oxygens (including phenoxy) is 3. The number of carbonyl (C=O) groups excluding carboxylic acids is 1. The Labute approximate surface area is 108 Å². The Hall–Kier alpha value is -1.24. The SMILES string of the molecule is CC(C)(C)OC(=O)OC1C2C=CC(O2)C1C(F)(F)F. The van der Waals surface area contributed by atoms with Crippen LogP contribution in [0.2, 0.25) is 0 Å². The van der Waals surface area contributed by atoms with E-state index in [1.54, 1.807) is 20.8 Å². The molecule has 0 aromatic carbocycles. The van der Waals surface area contributed by atoms with Crippen molar-refractivity contribution in [3.8, 4) is 0 Å². The minimum Gasteiger partial charge on any atom is -0.429 e. The van der Waals surface area contributed by atoms with Crippen LogP contribution in [0.1, 0.15) is 20.8 Å². The average molecular weight is 280 g/mol. The van der Waals surface area contributed by atoms with E-state index in [2.05, 4.69) is 0 Å². The lowest BCUT2D eigenvalue weighted by Crippen LogP contribution is -2.43. The van der Waals surface area contributed by atoms with Crippen LogP contribution in [0.5, 0.6) is 0 Å². The quantitative estimate of drug-likeness (QED) is 0.547. The molecule has 1 saturated heterocycles. The highest BCUT2D eigenvalue weighted by atomic mass is 19.4. The van der Waals surface area contributed by atoms with Gasteiger partial charge in [-0.05, 0) is 20.8 Å². The third-order valence-corrected chi connectivity index (χ3v) is 2.84. The summed E-state index contributed by atoms with van der Waals surface area (Å²) in [5.74, 6) is -1.84. The molecule has 4 nitrogen and oxygen atoms in total. The van der Waals surface area contributed by atoms with Crippen LogP contribution in [0, 0.1) is 5.92 Å². The molecule has 2 rings (SSSR count). The van der Waals surface area contributed by atoms with Crippen LogP contribution in [-0.2, 0) is 14.2 Å². The normalized spacial score (nSPS) is 33.6. The molecule has 0 aromatic rings. The van der Waals surface area contributed by atoms with Crippen molar-refractivity contribution in [1.29, 1.82) is 0 Å². The van der Waals surface area contributed by atoms with Gasteiger partial charge in [0.05, 0.1) is 6.10 Å². The molecule has 2 aliphatic heterocycles. The molecule has 108 valence electrons. The second-order valence-electron chi connectivity index (χ2n) is 5.56. The predicted molar refractivity (Wildman–Crippen MR) is 58.5 cm³/mol. The van der Waals surface area contributed by atoms with Crippen molar-refractivity contribution >= 4 is 6.16 Å². The zero-order chi connectivity index (χ0) is 14.4. The Balaban J connectivity index is 2.07. The lowest BCUT2D eigenvalue weighted by Gasteiger charge is -2.28. The molecular weight excluding hydrogens is 265 g/mol. The van der Waals surface area contributed by atoms with Crippen LogP contribution in [0.4, 0.5) is 18.0 Å². The van der Waals surface area contributed by atoms with Gasteiger partial charge in [0.15, 0.2) is 0 Å². The minimum absolute atomic E-state index is 0.820. The zero-order valence-corrected chi connectivity index (χ0v) is 10.7. The lowest BCUT2D eigenvalue weighted by molar-refractivity contribution is -0.200. The van der Waals surface area contributed by atoms with E-state index in [1.165, 1.54) is 12.2 Å². The van der Waals surface area contributed by atoms with Crippen LogP contribution in [-0.4, -0.2) is 36.2 Å². The topological polar surface area (TPSA) is 44.8 Å². The smallest absolute Gasteiger partial charge is 0.429 e. The number of carbonyl (C=O) groups is 1. The fourth-order valence-corrected chi connectivity index (χ4v) is 2.17. The molecule has 2 bridgehead atoms. The fourth-order valence-electron chi connectivity index (χ4n) is 2.17. The number of hydrogen-bond acceptors (Lipinski definition) is 4. The van der Waals surface area contributed by atoms with Crippen LogP contribution in [0.25, 0.3) is 0 Å². The molecule has 0 spiro atoms. The van der Waals surface area contributed by atoms with Crippen molar-refractivity contribution < 1.29 is 32.2 Å². The molecule has 2 aliphatic rings. The molecule has 1 fully saturated rings.